The summed E-state index contributed by atoms with van der Waals surface area (Å²) in [5, 5.41) is 3.77. The second-order valence-electron chi connectivity index (χ2n) is 5.20. The van der Waals surface area contributed by atoms with Crippen LogP contribution in [0.2, 0.25) is 5.02 Å². The van der Waals surface area contributed by atoms with Gasteiger partial charge in [0.2, 0.25) is 0 Å². The standard InChI is InChI=1S/C17H11ClFNO3S/c18-15-11-3-1-9(19)7-14(11)24-16(15)17(21)20-10-2-4-12-13(8-10)23-6-5-22-12/h1-4,7-8H,5-6H2,(H,20,21). The number of anilines is 1. The lowest BCUT2D eigenvalue weighted by Crippen LogP contribution is -2.16. The number of amides is 1. The first-order valence-corrected chi connectivity index (χ1v) is 8.40. The van der Waals surface area contributed by atoms with Crippen molar-refractivity contribution in [3.05, 3.63) is 52.1 Å². The van der Waals surface area contributed by atoms with Crippen LogP contribution in [0.15, 0.2) is 36.4 Å². The lowest BCUT2D eigenvalue weighted by Gasteiger charge is -2.18. The van der Waals surface area contributed by atoms with E-state index in [1.807, 2.05) is 0 Å². The highest BCUT2D eigenvalue weighted by molar-refractivity contribution is 7.21. The Morgan fingerprint density at radius 1 is 1.12 bits per heavy atom. The molecule has 1 aliphatic heterocycles. The molecule has 2 heterocycles. The van der Waals surface area contributed by atoms with Crippen molar-refractivity contribution in [2.24, 2.45) is 0 Å². The van der Waals surface area contributed by atoms with Crippen molar-refractivity contribution < 1.29 is 18.7 Å². The number of carbonyl (C=O) groups is 1. The second-order valence-corrected chi connectivity index (χ2v) is 6.63. The first-order valence-electron chi connectivity index (χ1n) is 7.20. The van der Waals surface area contributed by atoms with Gasteiger partial charge in [-0.25, -0.2) is 4.39 Å². The molecule has 24 heavy (non-hydrogen) atoms. The molecule has 3 aromatic rings. The van der Waals surface area contributed by atoms with Crippen molar-refractivity contribution in [1.29, 1.82) is 0 Å². The SMILES string of the molecule is O=C(Nc1ccc2c(c1)OCCO2)c1sc2cc(F)ccc2c1Cl. The molecule has 0 spiro atoms. The van der Waals surface area contributed by atoms with Gasteiger partial charge in [-0.3, -0.25) is 4.79 Å². The first kappa shape index (κ1) is 15.2. The largest absolute Gasteiger partial charge is 0.486 e. The highest BCUT2D eigenvalue weighted by atomic mass is 35.5. The molecule has 7 heteroatoms. The Labute approximate surface area is 145 Å². The van der Waals surface area contributed by atoms with Gasteiger partial charge in [-0.2, -0.15) is 0 Å². The first-order chi connectivity index (χ1) is 11.6. The molecule has 4 nitrogen and oxygen atoms in total. The molecule has 1 aromatic heterocycles. The van der Waals surface area contributed by atoms with Crippen molar-refractivity contribution in [3.8, 4) is 11.5 Å². The van der Waals surface area contributed by atoms with Gasteiger partial charge in [0.1, 0.15) is 23.9 Å². The van der Waals surface area contributed by atoms with Gasteiger partial charge >= 0.3 is 0 Å². The molecule has 0 atom stereocenters. The van der Waals surface area contributed by atoms with Gasteiger partial charge in [-0.1, -0.05) is 11.6 Å². The van der Waals surface area contributed by atoms with E-state index in [9.17, 15) is 9.18 Å². The fraction of sp³-hybridized carbons (Fsp3) is 0.118. The van der Waals surface area contributed by atoms with Gasteiger partial charge in [-0.15, -0.1) is 11.3 Å². The second kappa shape index (κ2) is 5.96. The third kappa shape index (κ3) is 2.68. The van der Waals surface area contributed by atoms with Crippen molar-refractivity contribution >= 4 is 44.6 Å². The molecule has 1 N–H and O–H groups in total. The fourth-order valence-corrected chi connectivity index (χ4v) is 3.93. The Morgan fingerprint density at radius 2 is 1.92 bits per heavy atom. The monoisotopic (exact) mass is 363 g/mol. The van der Waals surface area contributed by atoms with Crippen molar-refractivity contribution in [3.63, 3.8) is 0 Å². The van der Waals surface area contributed by atoms with Gasteiger partial charge in [0, 0.05) is 21.8 Å². The van der Waals surface area contributed by atoms with E-state index >= 15 is 0 Å². The maximum absolute atomic E-state index is 13.3. The van der Waals surface area contributed by atoms with Crippen LogP contribution in [0.4, 0.5) is 10.1 Å². The van der Waals surface area contributed by atoms with Crippen LogP contribution >= 0.6 is 22.9 Å². The third-order valence-electron chi connectivity index (χ3n) is 3.60. The molecule has 0 bridgehead atoms. The summed E-state index contributed by atoms with van der Waals surface area (Å²) in [5.74, 6) is 0.524. The zero-order valence-corrected chi connectivity index (χ0v) is 13.8. The Morgan fingerprint density at radius 3 is 2.75 bits per heavy atom. The molecule has 0 saturated heterocycles. The Bertz CT molecular complexity index is 956. The van der Waals surface area contributed by atoms with E-state index in [0.717, 1.165) is 11.3 Å². The van der Waals surface area contributed by atoms with E-state index < -0.39 is 0 Å². The van der Waals surface area contributed by atoms with Crippen LogP contribution in [-0.4, -0.2) is 19.1 Å². The molecule has 0 aliphatic carbocycles. The average molecular weight is 364 g/mol. The quantitative estimate of drug-likeness (QED) is 0.716. The number of fused-ring (bicyclic) bond motifs is 2. The van der Waals surface area contributed by atoms with Crippen LogP contribution in [0.5, 0.6) is 11.5 Å². The molecule has 4 rings (SSSR count). The number of nitrogens with one attached hydrogen (secondary N) is 1. The van der Waals surface area contributed by atoms with Gasteiger partial charge in [-0.05, 0) is 30.3 Å². The molecular weight excluding hydrogens is 353 g/mol. The molecule has 1 aliphatic rings. The molecule has 1 amide bonds. The number of halogens is 2. The lowest BCUT2D eigenvalue weighted by molar-refractivity contribution is 0.103. The van der Waals surface area contributed by atoms with Crippen LogP contribution in [0, 0.1) is 5.82 Å². The van der Waals surface area contributed by atoms with Crippen LogP contribution in [0.25, 0.3) is 10.1 Å². The summed E-state index contributed by atoms with van der Waals surface area (Å²) in [4.78, 5) is 12.8. The number of hydrogen-bond donors (Lipinski definition) is 1. The smallest absolute Gasteiger partial charge is 0.267 e. The Balaban J connectivity index is 1.63. The number of ether oxygens (including phenoxy) is 2. The number of rotatable bonds is 2. The number of benzene rings is 2. The molecule has 122 valence electrons. The average Bonchev–Trinajstić information content (AvgIpc) is 2.91. The minimum atomic E-state index is -0.362. The van der Waals surface area contributed by atoms with E-state index in [0.29, 0.717) is 50.4 Å². The summed E-state index contributed by atoms with van der Waals surface area (Å²) in [6, 6.07) is 9.44. The van der Waals surface area contributed by atoms with Crippen molar-refractivity contribution in [1.82, 2.24) is 0 Å². The zero-order valence-electron chi connectivity index (χ0n) is 12.3. The molecule has 0 unspecified atom stereocenters. The minimum Gasteiger partial charge on any atom is -0.486 e. The van der Waals surface area contributed by atoms with Crippen LogP contribution in [-0.2, 0) is 0 Å². The summed E-state index contributed by atoms with van der Waals surface area (Å²) in [5.41, 5.74) is 0.573. The lowest BCUT2D eigenvalue weighted by atomic mass is 10.2. The highest BCUT2D eigenvalue weighted by Crippen LogP contribution is 2.37. The highest BCUT2D eigenvalue weighted by Gasteiger charge is 2.19. The molecule has 0 saturated carbocycles. The number of carbonyl (C=O) groups excluding carboxylic acids is 1. The Kier molecular flexibility index (Phi) is 3.78. The van der Waals surface area contributed by atoms with Gasteiger partial charge in [0.05, 0.1) is 5.02 Å². The van der Waals surface area contributed by atoms with Gasteiger partial charge in [0.15, 0.2) is 11.5 Å². The summed E-state index contributed by atoms with van der Waals surface area (Å²) in [6.45, 7) is 0.977. The zero-order chi connectivity index (χ0) is 16.7. The fourth-order valence-electron chi connectivity index (χ4n) is 2.49. The predicted molar refractivity (Wildman–Crippen MR) is 92.2 cm³/mol. The maximum atomic E-state index is 13.3. The summed E-state index contributed by atoms with van der Waals surface area (Å²) in [6.07, 6.45) is 0. The van der Waals surface area contributed by atoms with E-state index in [1.54, 1.807) is 24.3 Å². The van der Waals surface area contributed by atoms with E-state index in [-0.39, 0.29) is 11.7 Å². The Hall–Kier alpha value is -2.31. The summed E-state index contributed by atoms with van der Waals surface area (Å²) < 4.78 is 24.9. The van der Waals surface area contributed by atoms with Crippen LogP contribution in [0.3, 0.4) is 0 Å². The number of hydrogen-bond acceptors (Lipinski definition) is 4. The number of thiophene rings is 1. The molecular formula is C17H11ClFNO3S. The molecule has 2 aromatic carbocycles. The van der Waals surface area contributed by atoms with E-state index in [4.69, 9.17) is 21.1 Å². The maximum Gasteiger partial charge on any atom is 0.267 e. The van der Waals surface area contributed by atoms with Crippen LogP contribution in [0.1, 0.15) is 9.67 Å². The van der Waals surface area contributed by atoms with E-state index in [2.05, 4.69) is 5.32 Å². The predicted octanol–water partition coefficient (Wildman–Crippen LogP) is 4.72. The summed E-state index contributed by atoms with van der Waals surface area (Å²) >= 11 is 7.42. The van der Waals surface area contributed by atoms with Gasteiger partial charge < -0.3 is 14.8 Å². The summed E-state index contributed by atoms with van der Waals surface area (Å²) in [7, 11) is 0. The van der Waals surface area contributed by atoms with E-state index in [1.165, 1.54) is 12.1 Å². The minimum absolute atomic E-state index is 0.324. The normalized spacial score (nSPS) is 13.1. The topological polar surface area (TPSA) is 47.6 Å². The van der Waals surface area contributed by atoms with Gasteiger partial charge in [0.25, 0.3) is 5.91 Å². The third-order valence-corrected chi connectivity index (χ3v) is 5.25. The molecule has 0 fully saturated rings. The van der Waals surface area contributed by atoms with Crippen LogP contribution < -0.4 is 14.8 Å². The van der Waals surface area contributed by atoms with Crippen molar-refractivity contribution in [2.45, 2.75) is 0 Å². The van der Waals surface area contributed by atoms with Crippen molar-refractivity contribution in [2.75, 3.05) is 18.5 Å². The molecule has 0 radical (unpaired) electrons.